The summed E-state index contributed by atoms with van der Waals surface area (Å²) in [4.78, 5) is 21.3. The third kappa shape index (κ3) is 1.07. The molecule has 0 bridgehead atoms. The molecule has 0 fully saturated rings. The number of ketones is 1. The number of nitrogens with two attached hydrogens (primary N) is 1. The Bertz CT molecular complexity index is 218. The molecule has 0 heterocycles. The van der Waals surface area contributed by atoms with Crippen molar-refractivity contribution in [2.24, 2.45) is 11.7 Å². The first-order chi connectivity index (χ1) is 4.61. The average molecular weight is 139 g/mol. The Labute approximate surface area is 58.9 Å². The van der Waals surface area contributed by atoms with Gasteiger partial charge in [0.25, 0.3) is 0 Å². The maximum atomic E-state index is 10.8. The number of allylic oxidation sites excluding steroid dienone is 1. The van der Waals surface area contributed by atoms with Crippen LogP contribution in [-0.2, 0) is 9.59 Å². The van der Waals surface area contributed by atoms with Crippen LogP contribution < -0.4 is 5.73 Å². The van der Waals surface area contributed by atoms with Crippen LogP contribution in [0, 0.1) is 5.92 Å². The van der Waals surface area contributed by atoms with Gasteiger partial charge in [0.1, 0.15) is 5.78 Å². The first kappa shape index (κ1) is 6.99. The highest BCUT2D eigenvalue weighted by molar-refractivity contribution is 6.02. The molecule has 0 aromatic rings. The molecule has 54 valence electrons. The van der Waals surface area contributed by atoms with Crippen molar-refractivity contribution in [2.45, 2.75) is 13.3 Å². The normalized spacial score (nSPS) is 24.7. The lowest BCUT2D eigenvalue weighted by atomic mass is 10.1. The van der Waals surface area contributed by atoms with Crippen LogP contribution in [0.15, 0.2) is 11.6 Å². The van der Waals surface area contributed by atoms with E-state index in [1.807, 2.05) is 0 Å². The zero-order valence-corrected chi connectivity index (χ0v) is 5.76. The molecule has 1 atom stereocenters. The molecule has 1 aliphatic carbocycles. The minimum Gasteiger partial charge on any atom is -0.366 e. The second-order valence-electron chi connectivity index (χ2n) is 2.49. The maximum Gasteiger partial charge on any atom is 0.244 e. The Kier molecular flexibility index (Phi) is 1.57. The number of primary amides is 1. The number of Topliss-reactive ketones (excluding diaryl/α,β-unsaturated/α-hetero) is 1. The second kappa shape index (κ2) is 2.25. The van der Waals surface area contributed by atoms with Crippen molar-refractivity contribution in [3.05, 3.63) is 11.6 Å². The smallest absolute Gasteiger partial charge is 0.244 e. The van der Waals surface area contributed by atoms with Gasteiger partial charge in [-0.2, -0.15) is 0 Å². The lowest BCUT2D eigenvalue weighted by Gasteiger charge is -1.90. The fourth-order valence-electron chi connectivity index (χ4n) is 0.972. The predicted molar refractivity (Wildman–Crippen MR) is 36.1 cm³/mol. The molecule has 0 spiro atoms. The largest absolute Gasteiger partial charge is 0.366 e. The summed E-state index contributed by atoms with van der Waals surface area (Å²) in [6.07, 6.45) is 1.85. The number of hydrogen-bond donors (Lipinski definition) is 1. The Morgan fingerprint density at radius 1 is 1.80 bits per heavy atom. The van der Waals surface area contributed by atoms with E-state index in [0.29, 0.717) is 5.57 Å². The highest BCUT2D eigenvalue weighted by atomic mass is 16.1. The SMILES string of the molecule is CC1C=C(C(N)=O)CC1=O. The van der Waals surface area contributed by atoms with Gasteiger partial charge in [0.15, 0.2) is 0 Å². The second-order valence-corrected chi connectivity index (χ2v) is 2.49. The van der Waals surface area contributed by atoms with Crippen LogP contribution in [0.1, 0.15) is 13.3 Å². The molecule has 3 heteroatoms. The molecule has 0 aromatic heterocycles. The summed E-state index contributed by atoms with van der Waals surface area (Å²) in [7, 11) is 0. The van der Waals surface area contributed by atoms with Crippen LogP contribution in [0.5, 0.6) is 0 Å². The summed E-state index contributed by atoms with van der Waals surface area (Å²) in [5.41, 5.74) is 5.42. The van der Waals surface area contributed by atoms with Gasteiger partial charge in [0.2, 0.25) is 5.91 Å². The van der Waals surface area contributed by atoms with Crippen molar-refractivity contribution in [2.75, 3.05) is 0 Å². The van der Waals surface area contributed by atoms with Gasteiger partial charge >= 0.3 is 0 Å². The van der Waals surface area contributed by atoms with E-state index < -0.39 is 5.91 Å². The minimum absolute atomic E-state index is 0.0776. The van der Waals surface area contributed by atoms with Crippen LogP contribution in [-0.4, -0.2) is 11.7 Å². The van der Waals surface area contributed by atoms with Gasteiger partial charge in [-0.05, 0) is 0 Å². The Morgan fingerprint density at radius 3 is 2.60 bits per heavy atom. The van der Waals surface area contributed by atoms with Crippen molar-refractivity contribution in [3.8, 4) is 0 Å². The van der Waals surface area contributed by atoms with Crippen LogP contribution in [0.25, 0.3) is 0 Å². The van der Waals surface area contributed by atoms with E-state index in [-0.39, 0.29) is 18.1 Å². The van der Waals surface area contributed by atoms with E-state index in [0.717, 1.165) is 0 Å². The van der Waals surface area contributed by atoms with Gasteiger partial charge in [-0.1, -0.05) is 13.0 Å². The molecular formula is C7H9NO2. The molecule has 1 aliphatic rings. The summed E-state index contributed by atoms with van der Waals surface area (Å²) in [5.74, 6) is -0.519. The number of carbonyl (C=O) groups excluding carboxylic acids is 2. The molecule has 1 amide bonds. The summed E-state index contributed by atoms with van der Waals surface area (Å²) in [5, 5.41) is 0. The van der Waals surface area contributed by atoms with Gasteiger partial charge in [-0.15, -0.1) is 0 Å². The van der Waals surface area contributed by atoms with E-state index in [1.54, 1.807) is 13.0 Å². The number of amides is 1. The molecule has 0 aliphatic heterocycles. The third-order valence-electron chi connectivity index (χ3n) is 1.64. The van der Waals surface area contributed by atoms with E-state index in [4.69, 9.17) is 5.73 Å². The maximum absolute atomic E-state index is 10.8. The highest BCUT2D eigenvalue weighted by Gasteiger charge is 2.23. The van der Waals surface area contributed by atoms with Gasteiger partial charge < -0.3 is 5.73 Å². The molecule has 0 saturated carbocycles. The van der Waals surface area contributed by atoms with Gasteiger partial charge in [-0.25, -0.2) is 0 Å². The molecule has 1 rings (SSSR count). The third-order valence-corrected chi connectivity index (χ3v) is 1.64. The number of carbonyl (C=O) groups is 2. The van der Waals surface area contributed by atoms with E-state index in [1.165, 1.54) is 0 Å². The molecular weight excluding hydrogens is 130 g/mol. The van der Waals surface area contributed by atoms with Crippen LogP contribution in [0.2, 0.25) is 0 Å². The van der Waals surface area contributed by atoms with Crippen LogP contribution >= 0.6 is 0 Å². The Balaban J connectivity index is 2.77. The minimum atomic E-state index is -0.474. The van der Waals surface area contributed by atoms with Crippen LogP contribution in [0.3, 0.4) is 0 Å². The van der Waals surface area contributed by atoms with Crippen molar-refractivity contribution in [1.29, 1.82) is 0 Å². The molecule has 2 N–H and O–H groups in total. The molecule has 1 unspecified atom stereocenters. The number of hydrogen-bond acceptors (Lipinski definition) is 2. The molecule has 0 radical (unpaired) electrons. The summed E-state index contributed by atoms with van der Waals surface area (Å²) >= 11 is 0. The first-order valence-electron chi connectivity index (χ1n) is 3.14. The molecule has 10 heavy (non-hydrogen) atoms. The summed E-state index contributed by atoms with van der Waals surface area (Å²) in [6.45, 7) is 1.76. The first-order valence-corrected chi connectivity index (χ1v) is 3.14. The van der Waals surface area contributed by atoms with E-state index >= 15 is 0 Å². The standard InChI is InChI=1S/C7H9NO2/c1-4-2-5(7(8)10)3-6(4)9/h2,4H,3H2,1H3,(H2,8,10). The Hall–Kier alpha value is -1.12. The lowest BCUT2D eigenvalue weighted by molar-refractivity contribution is -0.121. The fourth-order valence-corrected chi connectivity index (χ4v) is 0.972. The molecule has 0 aromatic carbocycles. The summed E-state index contributed by atoms with van der Waals surface area (Å²) < 4.78 is 0. The molecule has 0 saturated heterocycles. The predicted octanol–water partition coefficient (Wildman–Crippen LogP) is 0.00700. The van der Waals surface area contributed by atoms with Gasteiger partial charge in [-0.3, -0.25) is 9.59 Å². The van der Waals surface area contributed by atoms with Crippen molar-refractivity contribution >= 4 is 11.7 Å². The van der Waals surface area contributed by atoms with Gasteiger partial charge in [0.05, 0.1) is 0 Å². The van der Waals surface area contributed by atoms with Gasteiger partial charge in [0, 0.05) is 17.9 Å². The highest BCUT2D eigenvalue weighted by Crippen LogP contribution is 2.19. The topological polar surface area (TPSA) is 60.2 Å². The fraction of sp³-hybridized carbons (Fsp3) is 0.429. The lowest BCUT2D eigenvalue weighted by Crippen LogP contribution is -2.13. The van der Waals surface area contributed by atoms with Crippen LogP contribution in [0.4, 0.5) is 0 Å². The molecule has 3 nitrogen and oxygen atoms in total. The van der Waals surface area contributed by atoms with E-state index in [2.05, 4.69) is 0 Å². The van der Waals surface area contributed by atoms with Crippen molar-refractivity contribution < 1.29 is 9.59 Å². The Morgan fingerprint density at radius 2 is 2.40 bits per heavy atom. The quantitative estimate of drug-likeness (QED) is 0.556. The monoisotopic (exact) mass is 139 g/mol. The van der Waals surface area contributed by atoms with Crippen molar-refractivity contribution in [3.63, 3.8) is 0 Å². The zero-order valence-electron chi connectivity index (χ0n) is 5.76. The average Bonchev–Trinajstić information content (AvgIpc) is 2.13. The van der Waals surface area contributed by atoms with E-state index in [9.17, 15) is 9.59 Å². The number of rotatable bonds is 1. The van der Waals surface area contributed by atoms with Crippen molar-refractivity contribution in [1.82, 2.24) is 0 Å². The zero-order chi connectivity index (χ0) is 7.72. The summed E-state index contributed by atoms with van der Waals surface area (Å²) in [6, 6.07) is 0.